The van der Waals surface area contributed by atoms with E-state index in [2.05, 4.69) is 29.8 Å². The summed E-state index contributed by atoms with van der Waals surface area (Å²) in [6, 6.07) is 0.795. The first-order chi connectivity index (χ1) is 15.5. The molecule has 182 valence electrons. The molecule has 3 heterocycles. The van der Waals surface area contributed by atoms with Gasteiger partial charge < -0.3 is 25.6 Å². The lowest BCUT2D eigenvalue weighted by molar-refractivity contribution is -0.135. The Kier molecular flexibility index (Phi) is 8.46. The van der Waals surface area contributed by atoms with Gasteiger partial charge in [-0.15, -0.1) is 0 Å². The van der Waals surface area contributed by atoms with E-state index in [9.17, 15) is 9.59 Å². The molecule has 4 rings (SSSR count). The predicted molar refractivity (Wildman–Crippen MR) is 125 cm³/mol. The number of amides is 2. The summed E-state index contributed by atoms with van der Waals surface area (Å²) in [7, 11) is 0. The van der Waals surface area contributed by atoms with Crippen LogP contribution in [-0.4, -0.2) is 73.7 Å². The minimum atomic E-state index is -0.0677. The van der Waals surface area contributed by atoms with Crippen molar-refractivity contribution in [2.75, 3.05) is 32.8 Å². The van der Waals surface area contributed by atoms with Gasteiger partial charge in [0.25, 0.3) is 0 Å². The molecular weight excluding hydrogens is 404 g/mol. The predicted octanol–water partition coefficient (Wildman–Crippen LogP) is 2.06. The first-order valence-electron chi connectivity index (χ1n) is 13.2. The Bertz CT molecular complexity index is 639. The van der Waals surface area contributed by atoms with E-state index in [-0.39, 0.29) is 29.9 Å². The van der Waals surface area contributed by atoms with Crippen molar-refractivity contribution in [3.05, 3.63) is 0 Å². The summed E-state index contributed by atoms with van der Waals surface area (Å²) in [5.74, 6) is 2.22. The summed E-state index contributed by atoms with van der Waals surface area (Å²) in [6.45, 7) is 8.32. The molecule has 2 amide bonds. The summed E-state index contributed by atoms with van der Waals surface area (Å²) in [5, 5.41) is 10.8. The van der Waals surface area contributed by atoms with Gasteiger partial charge in [-0.2, -0.15) is 0 Å². The van der Waals surface area contributed by atoms with Crippen LogP contribution in [0.3, 0.4) is 0 Å². The van der Waals surface area contributed by atoms with Crippen molar-refractivity contribution in [2.24, 2.45) is 17.8 Å². The third kappa shape index (κ3) is 5.84. The number of ether oxygens (including phenoxy) is 1. The van der Waals surface area contributed by atoms with Crippen LogP contribution in [-0.2, 0) is 14.3 Å². The SMILES string of the molecule is CC1CCCC2CC(C(=O)NC(CCCC(=O)N3CCOCC3)C3NCCCC3C)NC12. The lowest BCUT2D eigenvalue weighted by Crippen LogP contribution is -2.57. The topological polar surface area (TPSA) is 82.7 Å². The average Bonchev–Trinajstić information content (AvgIpc) is 3.25. The van der Waals surface area contributed by atoms with Crippen molar-refractivity contribution in [1.29, 1.82) is 0 Å². The number of hydrogen-bond donors (Lipinski definition) is 3. The maximum atomic E-state index is 13.3. The Morgan fingerprint density at radius 2 is 1.88 bits per heavy atom. The van der Waals surface area contributed by atoms with Crippen LogP contribution in [0.2, 0.25) is 0 Å². The first kappa shape index (κ1) is 24.0. The number of fused-ring (bicyclic) bond motifs is 1. The Labute approximate surface area is 193 Å². The van der Waals surface area contributed by atoms with E-state index in [1.54, 1.807) is 0 Å². The van der Waals surface area contributed by atoms with Gasteiger partial charge in [0.2, 0.25) is 11.8 Å². The molecule has 3 saturated heterocycles. The zero-order valence-corrected chi connectivity index (χ0v) is 20.1. The summed E-state index contributed by atoms with van der Waals surface area (Å²) < 4.78 is 5.36. The quantitative estimate of drug-likeness (QED) is 0.555. The number of piperidine rings is 1. The molecule has 0 radical (unpaired) electrons. The van der Waals surface area contributed by atoms with Gasteiger partial charge >= 0.3 is 0 Å². The van der Waals surface area contributed by atoms with E-state index in [0.717, 1.165) is 25.8 Å². The van der Waals surface area contributed by atoms with Crippen LogP contribution in [0.4, 0.5) is 0 Å². The number of nitrogens with zero attached hydrogens (tertiary/aromatic N) is 1. The van der Waals surface area contributed by atoms with Gasteiger partial charge in [0.05, 0.1) is 19.3 Å². The van der Waals surface area contributed by atoms with E-state index < -0.39 is 0 Å². The molecule has 1 aliphatic carbocycles. The molecular formula is C25H44N4O3. The highest BCUT2D eigenvalue weighted by Gasteiger charge is 2.42. The standard InChI is InChI=1S/C25H44N4O3/c1-17-6-3-8-19-16-21(27-23(17)19)25(31)28-20(24-18(2)7-5-11-26-24)9-4-10-22(30)29-12-14-32-15-13-29/h17-21,23-24,26-27H,3-16H2,1-2H3,(H,28,31). The highest BCUT2D eigenvalue weighted by Crippen LogP contribution is 2.36. The van der Waals surface area contributed by atoms with Crippen LogP contribution in [0.5, 0.6) is 0 Å². The van der Waals surface area contributed by atoms with Crippen LogP contribution in [0.25, 0.3) is 0 Å². The Morgan fingerprint density at radius 3 is 2.62 bits per heavy atom. The zero-order chi connectivity index (χ0) is 22.5. The summed E-state index contributed by atoms with van der Waals surface area (Å²) in [5.41, 5.74) is 0. The lowest BCUT2D eigenvalue weighted by Gasteiger charge is -2.37. The second-order valence-corrected chi connectivity index (χ2v) is 10.7. The van der Waals surface area contributed by atoms with Gasteiger partial charge in [-0.05, 0) is 69.2 Å². The molecule has 4 aliphatic rings. The smallest absolute Gasteiger partial charge is 0.237 e. The molecule has 32 heavy (non-hydrogen) atoms. The minimum absolute atomic E-state index is 0.0677. The van der Waals surface area contributed by atoms with Gasteiger partial charge in [-0.25, -0.2) is 0 Å². The maximum absolute atomic E-state index is 13.3. The van der Waals surface area contributed by atoms with Crippen molar-refractivity contribution < 1.29 is 14.3 Å². The average molecular weight is 449 g/mol. The third-order valence-electron chi connectivity index (χ3n) is 8.46. The summed E-state index contributed by atoms with van der Waals surface area (Å²) in [6.07, 6.45) is 9.38. The molecule has 0 aromatic heterocycles. The number of carbonyl (C=O) groups excluding carboxylic acids is 2. The van der Waals surface area contributed by atoms with Gasteiger partial charge in [0, 0.05) is 37.6 Å². The number of morpholine rings is 1. The zero-order valence-electron chi connectivity index (χ0n) is 20.1. The number of rotatable bonds is 7. The van der Waals surface area contributed by atoms with Crippen LogP contribution in [0, 0.1) is 17.8 Å². The Balaban J connectivity index is 1.32. The second-order valence-electron chi connectivity index (χ2n) is 10.7. The molecule has 0 aromatic rings. The second kappa shape index (κ2) is 11.3. The molecule has 7 nitrogen and oxygen atoms in total. The molecule has 7 unspecified atom stereocenters. The largest absolute Gasteiger partial charge is 0.378 e. The van der Waals surface area contributed by atoms with Gasteiger partial charge in [0.1, 0.15) is 0 Å². The highest BCUT2D eigenvalue weighted by molar-refractivity contribution is 5.82. The number of nitrogens with one attached hydrogen (secondary N) is 3. The van der Waals surface area contributed by atoms with Gasteiger partial charge in [-0.3, -0.25) is 9.59 Å². The molecule has 0 spiro atoms. The molecule has 7 heteroatoms. The normalized spacial score (nSPS) is 36.4. The molecule has 1 saturated carbocycles. The van der Waals surface area contributed by atoms with E-state index >= 15 is 0 Å². The molecule has 0 bridgehead atoms. The van der Waals surface area contributed by atoms with E-state index in [1.165, 1.54) is 32.1 Å². The van der Waals surface area contributed by atoms with Crippen molar-refractivity contribution in [3.63, 3.8) is 0 Å². The van der Waals surface area contributed by atoms with Gasteiger partial charge in [-0.1, -0.05) is 20.3 Å². The van der Waals surface area contributed by atoms with Crippen LogP contribution >= 0.6 is 0 Å². The molecule has 3 N–H and O–H groups in total. The van der Waals surface area contributed by atoms with Crippen molar-refractivity contribution in [3.8, 4) is 0 Å². The van der Waals surface area contributed by atoms with Crippen LogP contribution in [0.15, 0.2) is 0 Å². The summed E-state index contributed by atoms with van der Waals surface area (Å²) >= 11 is 0. The third-order valence-corrected chi connectivity index (χ3v) is 8.46. The fourth-order valence-electron chi connectivity index (χ4n) is 6.56. The van der Waals surface area contributed by atoms with Crippen molar-refractivity contribution in [2.45, 2.75) is 95.8 Å². The molecule has 0 aromatic carbocycles. The molecule has 4 fully saturated rings. The van der Waals surface area contributed by atoms with Crippen molar-refractivity contribution >= 4 is 11.8 Å². The highest BCUT2D eigenvalue weighted by atomic mass is 16.5. The lowest BCUT2D eigenvalue weighted by atomic mass is 9.78. The Morgan fingerprint density at radius 1 is 1.09 bits per heavy atom. The Hall–Kier alpha value is -1.18. The van der Waals surface area contributed by atoms with Gasteiger partial charge in [0.15, 0.2) is 0 Å². The van der Waals surface area contributed by atoms with Crippen molar-refractivity contribution in [1.82, 2.24) is 20.9 Å². The van der Waals surface area contributed by atoms with E-state index in [0.29, 0.717) is 56.5 Å². The molecule has 3 aliphatic heterocycles. The fraction of sp³-hybridized carbons (Fsp3) is 0.920. The number of hydrogen-bond acceptors (Lipinski definition) is 5. The first-order valence-corrected chi connectivity index (χ1v) is 13.2. The van der Waals surface area contributed by atoms with E-state index in [4.69, 9.17) is 4.74 Å². The number of carbonyl (C=O) groups is 2. The maximum Gasteiger partial charge on any atom is 0.237 e. The van der Waals surface area contributed by atoms with Crippen LogP contribution in [0.1, 0.15) is 71.6 Å². The monoisotopic (exact) mass is 448 g/mol. The van der Waals surface area contributed by atoms with E-state index in [1.807, 2.05) is 4.90 Å². The minimum Gasteiger partial charge on any atom is -0.378 e. The van der Waals surface area contributed by atoms with Crippen LogP contribution < -0.4 is 16.0 Å². The summed E-state index contributed by atoms with van der Waals surface area (Å²) in [4.78, 5) is 27.8. The molecule has 7 atom stereocenters. The fourth-order valence-corrected chi connectivity index (χ4v) is 6.56.